The molecule has 29 heavy (non-hydrogen) atoms. The minimum absolute atomic E-state index is 0.00993. The molecule has 0 atom stereocenters. The molecule has 1 N–H and O–H groups in total. The second kappa shape index (κ2) is 6.92. The van der Waals surface area contributed by atoms with E-state index in [-0.39, 0.29) is 11.8 Å². The summed E-state index contributed by atoms with van der Waals surface area (Å²) in [5.74, 6) is 0.154. The van der Waals surface area contributed by atoms with Crippen molar-refractivity contribution in [3.05, 3.63) is 70.9 Å². The molecule has 2 aliphatic rings. The number of aromatic amines is 1. The molecule has 1 saturated heterocycles. The Labute approximate surface area is 174 Å². The van der Waals surface area contributed by atoms with Crippen molar-refractivity contribution >= 4 is 34.3 Å². The van der Waals surface area contributed by atoms with Gasteiger partial charge in [0.15, 0.2) is 0 Å². The van der Waals surface area contributed by atoms with Crippen molar-refractivity contribution in [2.45, 2.75) is 18.3 Å². The van der Waals surface area contributed by atoms with Gasteiger partial charge in [0.05, 0.1) is 5.41 Å². The number of halogens is 1. The molecule has 1 saturated carbocycles. The summed E-state index contributed by atoms with van der Waals surface area (Å²) in [7, 11) is 0. The van der Waals surface area contributed by atoms with E-state index < -0.39 is 5.41 Å². The van der Waals surface area contributed by atoms with Gasteiger partial charge < -0.3 is 14.8 Å². The Morgan fingerprint density at radius 1 is 0.897 bits per heavy atom. The molecule has 5 nitrogen and oxygen atoms in total. The van der Waals surface area contributed by atoms with Crippen molar-refractivity contribution in [1.82, 2.24) is 14.8 Å². The highest BCUT2D eigenvalue weighted by Gasteiger charge is 2.53. The molecule has 0 spiro atoms. The minimum atomic E-state index is -0.422. The first kappa shape index (κ1) is 18.3. The molecule has 2 fully saturated rings. The molecule has 2 heterocycles. The number of benzene rings is 2. The van der Waals surface area contributed by atoms with E-state index in [4.69, 9.17) is 11.6 Å². The largest absolute Gasteiger partial charge is 0.351 e. The van der Waals surface area contributed by atoms with Crippen LogP contribution in [0.2, 0.25) is 5.02 Å². The van der Waals surface area contributed by atoms with Crippen LogP contribution in [0.1, 0.15) is 28.9 Å². The predicted molar refractivity (Wildman–Crippen MR) is 113 cm³/mol. The molecule has 0 bridgehead atoms. The number of nitrogens with one attached hydrogen (secondary N) is 1. The van der Waals surface area contributed by atoms with Gasteiger partial charge in [0.25, 0.3) is 5.91 Å². The highest BCUT2D eigenvalue weighted by atomic mass is 35.5. The maximum Gasteiger partial charge on any atom is 0.270 e. The first-order chi connectivity index (χ1) is 14.1. The lowest BCUT2D eigenvalue weighted by atomic mass is 9.94. The van der Waals surface area contributed by atoms with Crippen LogP contribution < -0.4 is 0 Å². The summed E-state index contributed by atoms with van der Waals surface area (Å²) in [6, 6.07) is 17.4. The summed E-state index contributed by atoms with van der Waals surface area (Å²) < 4.78 is 0. The van der Waals surface area contributed by atoms with Crippen molar-refractivity contribution in [2.24, 2.45) is 0 Å². The number of H-pyrrole nitrogens is 1. The Hall–Kier alpha value is -2.79. The lowest BCUT2D eigenvalue weighted by Crippen LogP contribution is -2.53. The van der Waals surface area contributed by atoms with Gasteiger partial charge in [0.2, 0.25) is 5.91 Å². The SMILES string of the molecule is O=C(c1cc2ccccc2[nH]1)N1CCN(C(=O)C2(c3cccc(Cl)c3)CC2)CC1. The fraction of sp³-hybridized carbons (Fsp3) is 0.304. The summed E-state index contributed by atoms with van der Waals surface area (Å²) in [6.45, 7) is 2.22. The molecule has 2 aromatic carbocycles. The van der Waals surface area contributed by atoms with Crippen LogP contribution >= 0.6 is 11.6 Å². The number of para-hydroxylation sites is 1. The van der Waals surface area contributed by atoms with E-state index in [1.54, 1.807) is 0 Å². The van der Waals surface area contributed by atoms with Gasteiger partial charge in [-0.15, -0.1) is 0 Å². The zero-order valence-electron chi connectivity index (χ0n) is 16.0. The van der Waals surface area contributed by atoms with Crippen LogP contribution in [0.25, 0.3) is 10.9 Å². The molecule has 0 unspecified atom stereocenters. The van der Waals surface area contributed by atoms with Crippen LogP contribution in [0.15, 0.2) is 54.6 Å². The van der Waals surface area contributed by atoms with Gasteiger partial charge >= 0.3 is 0 Å². The fourth-order valence-corrected chi connectivity index (χ4v) is 4.50. The number of nitrogens with zero attached hydrogens (tertiary/aromatic N) is 2. The number of hydrogen-bond acceptors (Lipinski definition) is 2. The first-order valence-corrected chi connectivity index (χ1v) is 10.4. The second-order valence-electron chi connectivity index (χ2n) is 7.95. The number of hydrogen-bond donors (Lipinski definition) is 1. The number of piperazine rings is 1. The number of fused-ring (bicyclic) bond motifs is 1. The van der Waals surface area contributed by atoms with Crippen molar-refractivity contribution in [3.8, 4) is 0 Å². The smallest absolute Gasteiger partial charge is 0.270 e. The topological polar surface area (TPSA) is 56.4 Å². The number of carbonyl (C=O) groups excluding carboxylic acids is 2. The maximum atomic E-state index is 13.2. The third-order valence-electron chi connectivity index (χ3n) is 6.15. The van der Waals surface area contributed by atoms with Crippen molar-refractivity contribution in [1.29, 1.82) is 0 Å². The monoisotopic (exact) mass is 407 g/mol. The molecule has 148 valence electrons. The summed E-state index contributed by atoms with van der Waals surface area (Å²) in [6.07, 6.45) is 1.72. The van der Waals surface area contributed by atoms with E-state index >= 15 is 0 Å². The van der Waals surface area contributed by atoms with E-state index in [0.717, 1.165) is 29.3 Å². The van der Waals surface area contributed by atoms with Crippen LogP contribution in [0.5, 0.6) is 0 Å². The standard InChI is InChI=1S/C23H22ClN3O2/c24-18-6-3-5-17(15-18)23(8-9-23)22(29)27-12-10-26(11-13-27)21(28)20-14-16-4-1-2-7-19(16)25-20/h1-7,14-15,25H,8-13H2. The van der Waals surface area contributed by atoms with Crippen molar-refractivity contribution in [3.63, 3.8) is 0 Å². The third-order valence-corrected chi connectivity index (χ3v) is 6.39. The van der Waals surface area contributed by atoms with Crippen LogP contribution in [-0.4, -0.2) is 52.8 Å². The molecule has 6 heteroatoms. The van der Waals surface area contributed by atoms with Crippen LogP contribution in [0.3, 0.4) is 0 Å². The van der Waals surface area contributed by atoms with Crippen LogP contribution in [0, 0.1) is 0 Å². The van der Waals surface area contributed by atoms with Crippen molar-refractivity contribution < 1.29 is 9.59 Å². The molecule has 1 aromatic heterocycles. The molecule has 0 radical (unpaired) electrons. The molecule has 3 aromatic rings. The lowest BCUT2D eigenvalue weighted by Gasteiger charge is -2.36. The number of rotatable bonds is 3. The average molecular weight is 408 g/mol. The maximum absolute atomic E-state index is 13.2. The molecule has 2 amide bonds. The Balaban J connectivity index is 1.26. The lowest BCUT2D eigenvalue weighted by molar-refractivity contribution is -0.135. The van der Waals surface area contributed by atoms with Gasteiger partial charge in [-0.25, -0.2) is 0 Å². The summed E-state index contributed by atoms with van der Waals surface area (Å²) >= 11 is 6.14. The first-order valence-electron chi connectivity index (χ1n) is 9.99. The highest BCUT2D eigenvalue weighted by Crippen LogP contribution is 2.50. The van der Waals surface area contributed by atoms with Gasteiger partial charge in [-0.05, 0) is 42.7 Å². The Kier molecular flexibility index (Phi) is 4.36. The van der Waals surface area contributed by atoms with Crippen LogP contribution in [0.4, 0.5) is 0 Å². The summed E-state index contributed by atoms with van der Waals surface area (Å²) in [4.78, 5) is 33.1. The number of aromatic nitrogens is 1. The van der Waals surface area contributed by atoms with Gasteiger partial charge in [0, 0.05) is 42.1 Å². The van der Waals surface area contributed by atoms with Crippen molar-refractivity contribution in [2.75, 3.05) is 26.2 Å². The van der Waals surface area contributed by atoms with Crippen LogP contribution in [-0.2, 0) is 10.2 Å². The molecule has 1 aliphatic heterocycles. The minimum Gasteiger partial charge on any atom is -0.351 e. The third kappa shape index (κ3) is 3.19. The Morgan fingerprint density at radius 2 is 1.62 bits per heavy atom. The number of amides is 2. The number of carbonyl (C=O) groups is 2. The Morgan fingerprint density at radius 3 is 2.31 bits per heavy atom. The van der Waals surface area contributed by atoms with Gasteiger partial charge in [-0.2, -0.15) is 0 Å². The normalized spacial score (nSPS) is 18.1. The summed E-state index contributed by atoms with van der Waals surface area (Å²) in [5.41, 5.74) is 2.14. The predicted octanol–water partition coefficient (Wildman–Crippen LogP) is 3.84. The zero-order valence-corrected chi connectivity index (χ0v) is 16.8. The zero-order chi connectivity index (χ0) is 20.0. The fourth-order valence-electron chi connectivity index (χ4n) is 4.31. The average Bonchev–Trinajstić information content (AvgIpc) is 3.45. The van der Waals surface area contributed by atoms with E-state index in [0.29, 0.717) is 36.9 Å². The Bertz CT molecular complexity index is 1060. The van der Waals surface area contributed by atoms with E-state index in [2.05, 4.69) is 4.98 Å². The molecular formula is C23H22ClN3O2. The van der Waals surface area contributed by atoms with E-state index in [9.17, 15) is 9.59 Å². The summed E-state index contributed by atoms with van der Waals surface area (Å²) in [5, 5.41) is 1.69. The molecule has 1 aliphatic carbocycles. The van der Waals surface area contributed by atoms with E-state index in [1.165, 1.54) is 0 Å². The second-order valence-corrected chi connectivity index (χ2v) is 8.38. The molecule has 5 rings (SSSR count). The van der Waals surface area contributed by atoms with Gasteiger partial charge in [0.1, 0.15) is 5.69 Å². The van der Waals surface area contributed by atoms with E-state index in [1.807, 2.05) is 64.4 Å². The quantitative estimate of drug-likeness (QED) is 0.717. The molecular weight excluding hydrogens is 386 g/mol. The van der Waals surface area contributed by atoms with Gasteiger partial charge in [-0.1, -0.05) is 41.9 Å². The van der Waals surface area contributed by atoms with Gasteiger partial charge in [-0.3, -0.25) is 9.59 Å². The highest BCUT2D eigenvalue weighted by molar-refractivity contribution is 6.30.